The second-order valence-electron chi connectivity index (χ2n) is 3.41. The maximum Gasteiger partial charge on any atom is 0.0794 e. The fourth-order valence-corrected chi connectivity index (χ4v) is 2.71. The Labute approximate surface area is 77.0 Å². The zero-order chi connectivity index (χ0) is 8.39. The summed E-state index contributed by atoms with van der Waals surface area (Å²) in [5.74, 6) is 1.65. The van der Waals surface area contributed by atoms with Crippen LogP contribution in [0.15, 0.2) is 11.7 Å². The highest BCUT2D eigenvalue weighted by molar-refractivity contribution is 7.09. The third kappa shape index (κ3) is 1.39. The van der Waals surface area contributed by atoms with Gasteiger partial charge in [0.1, 0.15) is 0 Å². The third-order valence-electron chi connectivity index (χ3n) is 2.70. The van der Waals surface area contributed by atoms with Crippen LogP contribution in [0.1, 0.15) is 23.6 Å². The smallest absolute Gasteiger partial charge is 0.0794 e. The number of aromatic nitrogens is 1. The molecular formula is C9H14N2S. The molecule has 0 aromatic carbocycles. The van der Waals surface area contributed by atoms with E-state index in [1.807, 2.05) is 18.8 Å². The first-order valence-corrected chi connectivity index (χ1v) is 5.32. The minimum absolute atomic E-state index is 0.796. The van der Waals surface area contributed by atoms with E-state index >= 15 is 0 Å². The number of thiazole rings is 1. The van der Waals surface area contributed by atoms with E-state index in [0.29, 0.717) is 0 Å². The van der Waals surface area contributed by atoms with Crippen molar-refractivity contribution < 1.29 is 0 Å². The van der Waals surface area contributed by atoms with Crippen molar-refractivity contribution in [3.8, 4) is 0 Å². The normalized spacial score (nSPS) is 28.4. The Bertz CT molecular complexity index is 233. The van der Waals surface area contributed by atoms with Crippen LogP contribution in [0, 0.1) is 5.92 Å². The van der Waals surface area contributed by atoms with Crippen LogP contribution in [-0.4, -0.2) is 18.6 Å². The summed E-state index contributed by atoms with van der Waals surface area (Å²) in [6.07, 6.45) is 4.76. The molecule has 1 aromatic heterocycles. The molecule has 1 heterocycles. The van der Waals surface area contributed by atoms with E-state index in [9.17, 15) is 0 Å². The summed E-state index contributed by atoms with van der Waals surface area (Å²) >= 11 is 1.80. The molecule has 2 atom stereocenters. The lowest BCUT2D eigenvalue weighted by Crippen LogP contribution is -2.31. The van der Waals surface area contributed by atoms with E-state index in [-0.39, 0.29) is 0 Å². The van der Waals surface area contributed by atoms with Crippen molar-refractivity contribution in [2.24, 2.45) is 5.92 Å². The first-order valence-electron chi connectivity index (χ1n) is 4.45. The fraction of sp³-hybridized carbons (Fsp3) is 0.667. The highest BCUT2D eigenvalue weighted by Crippen LogP contribution is 2.43. The Morgan fingerprint density at radius 3 is 3.08 bits per heavy atom. The molecule has 0 amide bonds. The molecule has 1 N–H and O–H groups in total. The van der Waals surface area contributed by atoms with Crippen LogP contribution in [0.4, 0.5) is 0 Å². The number of hydrogen-bond acceptors (Lipinski definition) is 3. The average Bonchev–Trinajstić information content (AvgIpc) is 2.51. The van der Waals surface area contributed by atoms with Gasteiger partial charge in [-0.25, -0.2) is 0 Å². The molecule has 12 heavy (non-hydrogen) atoms. The fourth-order valence-electron chi connectivity index (χ4n) is 1.86. The summed E-state index contributed by atoms with van der Waals surface area (Å²) < 4.78 is 0. The van der Waals surface area contributed by atoms with Crippen molar-refractivity contribution in [2.45, 2.75) is 18.8 Å². The molecule has 0 bridgehead atoms. The standard InChI is InChI=1S/C9H14N2S/c1-10-4-7-2-3-8(7)9-5-11-6-12-9/h5-8,10H,2-4H2,1H3. The lowest BCUT2D eigenvalue weighted by molar-refractivity contribution is 0.254. The van der Waals surface area contributed by atoms with Crippen LogP contribution >= 0.6 is 11.3 Å². The maximum atomic E-state index is 4.12. The molecule has 1 aliphatic rings. The first kappa shape index (κ1) is 8.20. The van der Waals surface area contributed by atoms with Gasteiger partial charge < -0.3 is 5.32 Å². The predicted molar refractivity (Wildman–Crippen MR) is 51.5 cm³/mol. The quantitative estimate of drug-likeness (QED) is 0.771. The Hall–Kier alpha value is -0.410. The maximum absolute atomic E-state index is 4.12. The van der Waals surface area contributed by atoms with Crippen molar-refractivity contribution in [3.63, 3.8) is 0 Å². The summed E-state index contributed by atoms with van der Waals surface area (Å²) in [4.78, 5) is 5.59. The van der Waals surface area contributed by atoms with Gasteiger partial charge in [-0.3, -0.25) is 4.98 Å². The van der Waals surface area contributed by atoms with Gasteiger partial charge in [0, 0.05) is 11.1 Å². The van der Waals surface area contributed by atoms with Gasteiger partial charge in [-0.15, -0.1) is 11.3 Å². The number of nitrogens with one attached hydrogen (secondary N) is 1. The first-order chi connectivity index (χ1) is 5.92. The molecule has 1 aromatic rings. The molecule has 3 heteroatoms. The van der Waals surface area contributed by atoms with E-state index in [1.54, 1.807) is 11.3 Å². The van der Waals surface area contributed by atoms with Crippen molar-refractivity contribution in [2.75, 3.05) is 13.6 Å². The van der Waals surface area contributed by atoms with Gasteiger partial charge in [-0.1, -0.05) is 0 Å². The van der Waals surface area contributed by atoms with Gasteiger partial charge in [0.25, 0.3) is 0 Å². The van der Waals surface area contributed by atoms with E-state index in [0.717, 1.165) is 18.4 Å². The van der Waals surface area contributed by atoms with Crippen molar-refractivity contribution in [3.05, 3.63) is 16.6 Å². The third-order valence-corrected chi connectivity index (χ3v) is 3.61. The number of hydrogen-bond donors (Lipinski definition) is 1. The van der Waals surface area contributed by atoms with Crippen LogP contribution in [0.3, 0.4) is 0 Å². The minimum atomic E-state index is 0.796. The number of nitrogens with zero attached hydrogens (tertiary/aromatic N) is 1. The van der Waals surface area contributed by atoms with E-state index < -0.39 is 0 Å². The largest absolute Gasteiger partial charge is 0.319 e. The van der Waals surface area contributed by atoms with Crippen LogP contribution in [0.5, 0.6) is 0 Å². The Kier molecular flexibility index (Phi) is 2.42. The van der Waals surface area contributed by atoms with Gasteiger partial charge in [0.05, 0.1) is 5.51 Å². The summed E-state index contributed by atoms with van der Waals surface area (Å²) in [5, 5.41) is 3.25. The summed E-state index contributed by atoms with van der Waals surface area (Å²) in [5.41, 5.74) is 1.93. The van der Waals surface area contributed by atoms with Gasteiger partial charge in [-0.2, -0.15) is 0 Å². The SMILES string of the molecule is CNCC1CCC1c1cncs1. The predicted octanol–water partition coefficient (Wildman–Crippen LogP) is 1.86. The molecule has 0 radical (unpaired) electrons. The zero-order valence-corrected chi connectivity index (χ0v) is 8.10. The highest BCUT2D eigenvalue weighted by atomic mass is 32.1. The summed E-state index contributed by atoms with van der Waals surface area (Å²) in [7, 11) is 2.03. The molecule has 2 nitrogen and oxygen atoms in total. The second kappa shape index (κ2) is 3.54. The van der Waals surface area contributed by atoms with Gasteiger partial charge in [0.15, 0.2) is 0 Å². The van der Waals surface area contributed by atoms with Gasteiger partial charge >= 0.3 is 0 Å². The highest BCUT2D eigenvalue weighted by Gasteiger charge is 2.32. The molecule has 0 saturated heterocycles. The lowest BCUT2D eigenvalue weighted by atomic mass is 9.73. The molecule has 1 aliphatic carbocycles. The Balaban J connectivity index is 1.97. The molecule has 66 valence electrons. The second-order valence-corrected chi connectivity index (χ2v) is 4.32. The molecule has 2 rings (SSSR count). The number of rotatable bonds is 3. The van der Waals surface area contributed by atoms with Gasteiger partial charge in [0.2, 0.25) is 0 Å². The molecule has 0 spiro atoms. The molecule has 0 aliphatic heterocycles. The van der Waals surface area contributed by atoms with Crippen LogP contribution in [0.2, 0.25) is 0 Å². The van der Waals surface area contributed by atoms with Gasteiger partial charge in [-0.05, 0) is 38.3 Å². The Morgan fingerprint density at radius 2 is 2.58 bits per heavy atom. The molecular weight excluding hydrogens is 168 g/mol. The van der Waals surface area contributed by atoms with E-state index in [1.165, 1.54) is 17.7 Å². The minimum Gasteiger partial charge on any atom is -0.319 e. The Morgan fingerprint density at radius 1 is 1.67 bits per heavy atom. The van der Waals surface area contributed by atoms with Crippen molar-refractivity contribution >= 4 is 11.3 Å². The summed E-state index contributed by atoms with van der Waals surface area (Å²) in [6, 6.07) is 0. The van der Waals surface area contributed by atoms with Crippen LogP contribution in [-0.2, 0) is 0 Å². The lowest BCUT2D eigenvalue weighted by Gasteiger charge is -2.35. The molecule has 2 unspecified atom stereocenters. The van der Waals surface area contributed by atoms with E-state index in [2.05, 4.69) is 10.3 Å². The monoisotopic (exact) mass is 182 g/mol. The molecule has 1 fully saturated rings. The zero-order valence-electron chi connectivity index (χ0n) is 7.29. The van der Waals surface area contributed by atoms with Crippen molar-refractivity contribution in [1.29, 1.82) is 0 Å². The molecule has 1 saturated carbocycles. The van der Waals surface area contributed by atoms with Crippen LogP contribution < -0.4 is 5.32 Å². The van der Waals surface area contributed by atoms with Crippen LogP contribution in [0.25, 0.3) is 0 Å². The average molecular weight is 182 g/mol. The topological polar surface area (TPSA) is 24.9 Å². The summed E-state index contributed by atoms with van der Waals surface area (Å²) in [6.45, 7) is 1.16. The van der Waals surface area contributed by atoms with Crippen molar-refractivity contribution in [1.82, 2.24) is 10.3 Å². The van der Waals surface area contributed by atoms with E-state index in [4.69, 9.17) is 0 Å².